The van der Waals surface area contributed by atoms with Gasteiger partial charge in [0.1, 0.15) is 12.4 Å². The first-order valence-electron chi connectivity index (χ1n) is 14.5. The molecule has 1 fully saturated rings. The second-order valence-electron chi connectivity index (χ2n) is 10.6. The number of fused-ring (bicyclic) bond motifs is 7. The van der Waals surface area contributed by atoms with Gasteiger partial charge in [-0.1, -0.05) is 24.3 Å². The molecule has 0 radical (unpaired) electrons. The van der Waals surface area contributed by atoms with Crippen LogP contribution in [-0.2, 0) is 22.6 Å². The summed E-state index contributed by atoms with van der Waals surface area (Å²) in [5, 5.41) is 2.78. The largest absolute Gasteiger partial charge is 0.493 e. The molecule has 1 saturated heterocycles. The summed E-state index contributed by atoms with van der Waals surface area (Å²) in [6.07, 6.45) is 3.73. The molecule has 10 heteroatoms. The quantitative estimate of drug-likeness (QED) is 0.372. The Balaban J connectivity index is 1.34. The van der Waals surface area contributed by atoms with E-state index < -0.39 is 0 Å². The minimum Gasteiger partial charge on any atom is -0.493 e. The van der Waals surface area contributed by atoms with Gasteiger partial charge in [0.15, 0.2) is 11.5 Å². The highest BCUT2D eigenvalue weighted by atomic mass is 16.5. The van der Waals surface area contributed by atoms with E-state index in [1.807, 2.05) is 30.5 Å². The van der Waals surface area contributed by atoms with Crippen LogP contribution in [0, 0.1) is 0 Å². The van der Waals surface area contributed by atoms with Crippen molar-refractivity contribution >= 4 is 11.8 Å². The minimum absolute atomic E-state index is 0.126. The van der Waals surface area contributed by atoms with Crippen molar-refractivity contribution in [1.82, 2.24) is 24.7 Å². The zero-order valence-electron chi connectivity index (χ0n) is 24.2. The molecule has 0 saturated carbocycles. The van der Waals surface area contributed by atoms with Gasteiger partial charge in [-0.15, -0.1) is 0 Å². The van der Waals surface area contributed by atoms with E-state index in [9.17, 15) is 9.59 Å². The van der Waals surface area contributed by atoms with Crippen LogP contribution in [0.3, 0.4) is 0 Å². The second-order valence-corrected chi connectivity index (χ2v) is 10.6. The molecule has 0 aliphatic carbocycles. The third-order valence-electron chi connectivity index (χ3n) is 7.67. The number of hydrogen-bond donors (Lipinski definition) is 1. The molecule has 43 heavy (non-hydrogen) atoms. The summed E-state index contributed by atoms with van der Waals surface area (Å²) in [4.78, 5) is 35.0. The molecule has 4 bridgehead atoms. The van der Waals surface area contributed by atoms with Crippen molar-refractivity contribution in [2.45, 2.75) is 13.1 Å². The summed E-state index contributed by atoms with van der Waals surface area (Å²) in [7, 11) is 1.60. The van der Waals surface area contributed by atoms with E-state index in [1.54, 1.807) is 42.5 Å². The van der Waals surface area contributed by atoms with E-state index in [0.717, 1.165) is 61.1 Å². The van der Waals surface area contributed by atoms with Crippen molar-refractivity contribution in [3.63, 3.8) is 0 Å². The monoisotopic (exact) mass is 581 g/mol. The lowest BCUT2D eigenvalue weighted by Gasteiger charge is -2.27. The number of benzene rings is 3. The molecule has 2 amide bonds. The van der Waals surface area contributed by atoms with E-state index >= 15 is 0 Å². The van der Waals surface area contributed by atoms with Crippen LogP contribution in [0.4, 0.5) is 0 Å². The van der Waals surface area contributed by atoms with Crippen molar-refractivity contribution in [1.29, 1.82) is 0 Å². The van der Waals surface area contributed by atoms with Crippen molar-refractivity contribution in [2.75, 3.05) is 53.1 Å². The first-order valence-corrected chi connectivity index (χ1v) is 14.5. The normalized spacial score (nSPS) is 15.2. The summed E-state index contributed by atoms with van der Waals surface area (Å²) in [6, 6.07) is 21.1. The van der Waals surface area contributed by atoms with Crippen molar-refractivity contribution < 1.29 is 23.8 Å². The molecule has 0 atom stereocenters. The SMILES string of the molecule is COc1ccc2cc1OCCN(C(=O)CNC(=O)c1ccccc1)Cc1cc(CN3CCOCC3)cc(c1)-n1ccnc1-2. The number of imidazole rings is 1. The van der Waals surface area contributed by atoms with Crippen LogP contribution in [0.1, 0.15) is 21.5 Å². The van der Waals surface area contributed by atoms with Gasteiger partial charge < -0.3 is 24.4 Å². The number of methoxy groups -OCH3 is 1. The fourth-order valence-electron chi connectivity index (χ4n) is 5.47. The minimum atomic E-state index is -0.292. The molecular weight excluding hydrogens is 546 g/mol. The second kappa shape index (κ2) is 13.1. The highest BCUT2D eigenvalue weighted by molar-refractivity contribution is 5.96. The number of nitrogens with zero attached hydrogens (tertiary/aromatic N) is 4. The van der Waals surface area contributed by atoms with Gasteiger partial charge in [-0.25, -0.2) is 4.98 Å². The van der Waals surface area contributed by atoms with Gasteiger partial charge in [-0.05, 0) is 53.6 Å². The van der Waals surface area contributed by atoms with Gasteiger partial charge in [0, 0.05) is 55.4 Å². The predicted molar refractivity (Wildman–Crippen MR) is 161 cm³/mol. The first-order chi connectivity index (χ1) is 21.1. The first kappa shape index (κ1) is 28.4. The molecular formula is C33H35N5O5. The van der Waals surface area contributed by atoms with Crippen molar-refractivity contribution in [3.05, 3.63) is 95.8 Å². The van der Waals surface area contributed by atoms with Crippen LogP contribution >= 0.6 is 0 Å². The summed E-state index contributed by atoms with van der Waals surface area (Å²) in [6.45, 7) is 4.73. The highest BCUT2D eigenvalue weighted by Gasteiger charge is 2.20. The summed E-state index contributed by atoms with van der Waals surface area (Å²) >= 11 is 0. The van der Waals surface area contributed by atoms with Crippen LogP contribution in [0.2, 0.25) is 0 Å². The number of nitrogens with one attached hydrogen (secondary N) is 1. The Morgan fingerprint density at radius 3 is 2.63 bits per heavy atom. The molecule has 222 valence electrons. The van der Waals surface area contributed by atoms with Crippen LogP contribution in [-0.4, -0.2) is 84.3 Å². The van der Waals surface area contributed by atoms with E-state index in [-0.39, 0.29) is 25.0 Å². The lowest BCUT2D eigenvalue weighted by molar-refractivity contribution is -0.131. The average Bonchev–Trinajstić information content (AvgIpc) is 3.54. The molecule has 2 aliphatic rings. The van der Waals surface area contributed by atoms with E-state index in [2.05, 4.69) is 38.0 Å². The van der Waals surface area contributed by atoms with Crippen LogP contribution in [0.15, 0.2) is 79.1 Å². The average molecular weight is 582 g/mol. The van der Waals surface area contributed by atoms with Gasteiger partial charge in [-0.3, -0.25) is 19.1 Å². The number of morpholine rings is 1. The van der Waals surface area contributed by atoms with E-state index in [1.165, 1.54) is 0 Å². The number of carbonyl (C=O) groups is 2. The predicted octanol–water partition coefficient (Wildman–Crippen LogP) is 3.53. The Morgan fingerprint density at radius 2 is 1.81 bits per heavy atom. The van der Waals surface area contributed by atoms with Crippen molar-refractivity contribution in [2.24, 2.45) is 0 Å². The Morgan fingerprint density at radius 1 is 0.977 bits per heavy atom. The van der Waals surface area contributed by atoms with Crippen molar-refractivity contribution in [3.8, 4) is 28.6 Å². The third kappa shape index (κ3) is 6.71. The molecule has 3 heterocycles. The van der Waals surface area contributed by atoms with Gasteiger partial charge in [0.25, 0.3) is 5.91 Å². The number of rotatable bonds is 6. The maximum atomic E-state index is 13.6. The zero-order valence-corrected chi connectivity index (χ0v) is 24.2. The Bertz CT molecular complexity index is 1580. The lowest BCUT2D eigenvalue weighted by Crippen LogP contribution is -2.41. The van der Waals surface area contributed by atoms with Crippen LogP contribution in [0.25, 0.3) is 17.1 Å². The molecule has 0 spiro atoms. The topological polar surface area (TPSA) is 98.2 Å². The molecule has 1 aromatic heterocycles. The maximum absolute atomic E-state index is 13.6. The molecule has 4 aromatic rings. The molecule has 0 unspecified atom stereocenters. The van der Waals surface area contributed by atoms with Gasteiger partial charge in [-0.2, -0.15) is 0 Å². The number of aromatic nitrogens is 2. The standard InChI is InChI=1S/C33H35N5O5/c1-41-29-8-7-27-20-30(29)43-16-13-37(31(39)21-35-33(40)26-5-3-2-4-6-26)23-25-17-24(22-36-11-14-42-15-12-36)18-28(19-25)38-10-9-34-32(27)38/h2-10,17-20H,11-16,21-23H2,1H3,(H,35,40). The maximum Gasteiger partial charge on any atom is 0.251 e. The number of carbonyl (C=O) groups excluding carboxylic acids is 2. The molecule has 6 rings (SSSR count). The smallest absolute Gasteiger partial charge is 0.251 e. The Labute approximate surface area is 250 Å². The third-order valence-corrected chi connectivity index (χ3v) is 7.67. The highest BCUT2D eigenvalue weighted by Crippen LogP contribution is 2.33. The fourth-order valence-corrected chi connectivity index (χ4v) is 5.47. The van der Waals surface area contributed by atoms with Gasteiger partial charge >= 0.3 is 0 Å². The Hall–Kier alpha value is -4.67. The summed E-state index contributed by atoms with van der Waals surface area (Å²) in [5.74, 6) is 1.45. The molecule has 3 aromatic carbocycles. The molecule has 10 nitrogen and oxygen atoms in total. The lowest BCUT2D eigenvalue weighted by atomic mass is 10.1. The Kier molecular flexibility index (Phi) is 8.67. The summed E-state index contributed by atoms with van der Waals surface area (Å²) in [5.41, 5.74) is 4.46. The van der Waals surface area contributed by atoms with Crippen LogP contribution in [0.5, 0.6) is 11.5 Å². The van der Waals surface area contributed by atoms with Crippen LogP contribution < -0.4 is 14.8 Å². The number of amides is 2. The molecule has 2 aliphatic heterocycles. The summed E-state index contributed by atoms with van der Waals surface area (Å²) < 4.78 is 19.3. The van der Waals surface area contributed by atoms with Gasteiger partial charge in [0.2, 0.25) is 5.91 Å². The van der Waals surface area contributed by atoms with E-state index in [4.69, 9.17) is 14.2 Å². The van der Waals surface area contributed by atoms with Gasteiger partial charge in [0.05, 0.1) is 33.4 Å². The molecule has 1 N–H and O–H groups in total. The zero-order chi connectivity index (χ0) is 29.6. The van der Waals surface area contributed by atoms with E-state index in [0.29, 0.717) is 30.2 Å². The number of hydrogen-bond acceptors (Lipinski definition) is 7. The fraction of sp³-hybridized carbons (Fsp3) is 0.303. The number of ether oxygens (including phenoxy) is 3.